The van der Waals surface area contributed by atoms with Gasteiger partial charge in [0.05, 0.1) is 7.11 Å². The number of hydrogen-bond donors (Lipinski definition) is 1. The van der Waals surface area contributed by atoms with Gasteiger partial charge in [0, 0.05) is 31.2 Å². The molecular formula is C23H32N2O3. The molecule has 2 fully saturated rings. The summed E-state index contributed by atoms with van der Waals surface area (Å²) in [6.45, 7) is 3.36. The Balaban J connectivity index is 1.32. The lowest BCUT2D eigenvalue weighted by molar-refractivity contribution is 0.0872. The normalized spacial score (nSPS) is 23.4. The van der Waals surface area contributed by atoms with E-state index in [1.54, 1.807) is 7.11 Å². The van der Waals surface area contributed by atoms with Crippen LogP contribution < -0.4 is 14.8 Å². The van der Waals surface area contributed by atoms with E-state index in [2.05, 4.69) is 22.4 Å². The lowest BCUT2D eigenvalue weighted by Gasteiger charge is -2.34. The van der Waals surface area contributed by atoms with Crippen LogP contribution in [0.25, 0.3) is 0 Å². The number of ether oxygens (including phenoxy) is 2. The Bertz CT molecular complexity index is 706. The number of allylic oxidation sites excluding steroid dienone is 2. The summed E-state index contributed by atoms with van der Waals surface area (Å²) >= 11 is 0. The van der Waals surface area contributed by atoms with Crippen LogP contribution in [-0.4, -0.2) is 49.7 Å². The highest BCUT2D eigenvalue weighted by atomic mass is 16.5. The smallest absolute Gasteiger partial charge is 0.251 e. The highest BCUT2D eigenvalue weighted by Gasteiger charge is 2.26. The van der Waals surface area contributed by atoms with E-state index < -0.39 is 0 Å². The summed E-state index contributed by atoms with van der Waals surface area (Å²) in [6.07, 6.45) is 12.8. The number of carbonyl (C=O) groups excluding carboxylic acids is 1. The predicted octanol–water partition coefficient (Wildman–Crippen LogP) is 3.79. The summed E-state index contributed by atoms with van der Waals surface area (Å²) in [5, 5.41) is 3.04. The van der Waals surface area contributed by atoms with Crippen molar-refractivity contribution < 1.29 is 14.3 Å². The van der Waals surface area contributed by atoms with Gasteiger partial charge in [-0.3, -0.25) is 4.79 Å². The fourth-order valence-electron chi connectivity index (χ4n) is 4.18. The molecule has 1 aromatic carbocycles. The van der Waals surface area contributed by atoms with Crippen LogP contribution in [-0.2, 0) is 0 Å². The Hall–Kier alpha value is -2.01. The first-order valence-corrected chi connectivity index (χ1v) is 10.7. The Morgan fingerprint density at radius 1 is 1.11 bits per heavy atom. The van der Waals surface area contributed by atoms with Crippen molar-refractivity contribution in [2.45, 2.75) is 57.1 Å². The largest absolute Gasteiger partial charge is 0.493 e. The first-order valence-electron chi connectivity index (χ1n) is 10.7. The average Bonchev–Trinajstić information content (AvgIpc) is 3.54. The molecule has 1 saturated carbocycles. The van der Waals surface area contributed by atoms with Gasteiger partial charge in [0.2, 0.25) is 0 Å². The molecule has 1 amide bonds. The molecule has 1 unspecified atom stereocenters. The number of rotatable bonds is 7. The molecule has 1 atom stereocenters. The number of nitrogens with one attached hydrogen (secondary N) is 1. The topological polar surface area (TPSA) is 50.8 Å². The zero-order valence-electron chi connectivity index (χ0n) is 16.9. The van der Waals surface area contributed by atoms with Crippen molar-refractivity contribution in [2.24, 2.45) is 5.92 Å². The van der Waals surface area contributed by atoms with E-state index in [-0.39, 0.29) is 12.0 Å². The van der Waals surface area contributed by atoms with Gasteiger partial charge >= 0.3 is 0 Å². The molecule has 1 heterocycles. The molecule has 152 valence electrons. The SMILES string of the molecule is COc1ccc(C(=O)NC2CC2)cc1OC1CCN(CC2CC=CCC2)CC1. The first-order chi connectivity index (χ1) is 13.7. The van der Waals surface area contributed by atoms with Crippen LogP contribution in [0, 0.1) is 5.92 Å². The van der Waals surface area contributed by atoms with Gasteiger partial charge in [-0.25, -0.2) is 0 Å². The van der Waals surface area contributed by atoms with E-state index >= 15 is 0 Å². The Labute approximate surface area is 168 Å². The standard InChI is InChI=1S/C23H32N2O3/c1-27-21-10-7-18(23(26)24-19-8-9-19)15-22(21)28-20-11-13-25(14-12-20)16-17-5-3-2-4-6-17/h2-3,7,10,15,17,19-20H,4-6,8-9,11-14,16H2,1H3,(H,24,26). The molecule has 3 aliphatic rings. The quantitative estimate of drug-likeness (QED) is 0.727. The monoisotopic (exact) mass is 384 g/mol. The Morgan fingerprint density at radius 3 is 2.61 bits per heavy atom. The van der Waals surface area contributed by atoms with Crippen LogP contribution in [0.1, 0.15) is 55.3 Å². The van der Waals surface area contributed by atoms with Crippen LogP contribution in [0.5, 0.6) is 11.5 Å². The van der Waals surface area contributed by atoms with Gasteiger partial charge in [-0.15, -0.1) is 0 Å². The summed E-state index contributed by atoms with van der Waals surface area (Å²) in [4.78, 5) is 14.9. The summed E-state index contributed by atoms with van der Waals surface area (Å²) in [7, 11) is 1.65. The van der Waals surface area contributed by atoms with Gasteiger partial charge in [-0.2, -0.15) is 0 Å². The van der Waals surface area contributed by atoms with Gasteiger partial charge in [0.15, 0.2) is 11.5 Å². The maximum atomic E-state index is 12.4. The van der Waals surface area contributed by atoms with E-state index in [0.717, 1.165) is 44.7 Å². The molecule has 5 heteroatoms. The molecule has 1 aromatic rings. The molecule has 5 nitrogen and oxygen atoms in total. The minimum Gasteiger partial charge on any atom is -0.493 e. The third-order valence-electron chi connectivity index (χ3n) is 6.06. The van der Waals surface area contributed by atoms with Crippen molar-refractivity contribution in [1.29, 1.82) is 0 Å². The highest BCUT2D eigenvalue weighted by molar-refractivity contribution is 5.95. The minimum atomic E-state index is -0.0219. The third-order valence-corrected chi connectivity index (χ3v) is 6.06. The number of hydrogen-bond acceptors (Lipinski definition) is 4. The fourth-order valence-corrected chi connectivity index (χ4v) is 4.18. The number of carbonyl (C=O) groups is 1. The van der Waals surface area contributed by atoms with E-state index in [1.807, 2.05) is 18.2 Å². The number of nitrogens with zero attached hydrogens (tertiary/aromatic N) is 1. The van der Waals surface area contributed by atoms with Crippen molar-refractivity contribution in [1.82, 2.24) is 10.2 Å². The maximum Gasteiger partial charge on any atom is 0.251 e. The van der Waals surface area contributed by atoms with Crippen LogP contribution in [0.15, 0.2) is 30.4 Å². The second-order valence-corrected chi connectivity index (χ2v) is 8.38. The Kier molecular flexibility index (Phi) is 6.20. The predicted molar refractivity (Wildman–Crippen MR) is 110 cm³/mol. The van der Waals surface area contributed by atoms with Crippen molar-refractivity contribution in [3.8, 4) is 11.5 Å². The molecule has 0 spiro atoms. The zero-order valence-corrected chi connectivity index (χ0v) is 16.9. The van der Waals surface area contributed by atoms with Crippen LogP contribution in [0.2, 0.25) is 0 Å². The lowest BCUT2D eigenvalue weighted by Crippen LogP contribution is -2.40. The zero-order chi connectivity index (χ0) is 19.3. The molecular weight excluding hydrogens is 352 g/mol. The molecule has 2 aliphatic carbocycles. The van der Waals surface area contributed by atoms with Crippen molar-refractivity contribution in [3.05, 3.63) is 35.9 Å². The van der Waals surface area contributed by atoms with Gasteiger partial charge in [-0.05, 0) is 69.1 Å². The van der Waals surface area contributed by atoms with Crippen LogP contribution in [0.4, 0.5) is 0 Å². The van der Waals surface area contributed by atoms with Crippen LogP contribution >= 0.6 is 0 Å². The fraction of sp³-hybridized carbons (Fsp3) is 0.609. The molecule has 0 aromatic heterocycles. The third kappa shape index (κ3) is 5.07. The lowest BCUT2D eigenvalue weighted by atomic mass is 9.93. The summed E-state index contributed by atoms with van der Waals surface area (Å²) in [5.74, 6) is 2.16. The van der Waals surface area contributed by atoms with E-state index in [1.165, 1.54) is 25.8 Å². The summed E-state index contributed by atoms with van der Waals surface area (Å²) in [5.41, 5.74) is 0.644. The molecule has 1 saturated heterocycles. The average molecular weight is 385 g/mol. The van der Waals surface area contributed by atoms with E-state index in [4.69, 9.17) is 9.47 Å². The number of benzene rings is 1. The van der Waals surface area contributed by atoms with Crippen molar-refractivity contribution in [2.75, 3.05) is 26.7 Å². The number of likely N-dealkylation sites (tertiary alicyclic amines) is 1. The van der Waals surface area contributed by atoms with E-state index in [9.17, 15) is 4.79 Å². The van der Waals surface area contributed by atoms with E-state index in [0.29, 0.717) is 23.1 Å². The van der Waals surface area contributed by atoms with Gasteiger partial charge < -0.3 is 19.7 Å². The Morgan fingerprint density at radius 2 is 1.93 bits per heavy atom. The molecule has 1 aliphatic heterocycles. The van der Waals surface area contributed by atoms with Crippen molar-refractivity contribution >= 4 is 5.91 Å². The summed E-state index contributed by atoms with van der Waals surface area (Å²) < 4.78 is 11.7. The molecule has 4 rings (SSSR count). The second-order valence-electron chi connectivity index (χ2n) is 8.38. The first kappa shape index (κ1) is 19.3. The molecule has 0 bridgehead atoms. The van der Waals surface area contributed by atoms with Gasteiger partial charge in [0.25, 0.3) is 5.91 Å². The number of amides is 1. The van der Waals surface area contributed by atoms with Gasteiger partial charge in [0.1, 0.15) is 6.10 Å². The highest BCUT2D eigenvalue weighted by Crippen LogP contribution is 2.31. The second kappa shape index (κ2) is 8.99. The molecule has 1 N–H and O–H groups in total. The number of methoxy groups -OCH3 is 1. The molecule has 28 heavy (non-hydrogen) atoms. The van der Waals surface area contributed by atoms with Crippen LogP contribution in [0.3, 0.4) is 0 Å². The summed E-state index contributed by atoms with van der Waals surface area (Å²) in [6, 6.07) is 5.83. The number of piperidine rings is 1. The van der Waals surface area contributed by atoms with Gasteiger partial charge in [-0.1, -0.05) is 12.2 Å². The van der Waals surface area contributed by atoms with Crippen molar-refractivity contribution in [3.63, 3.8) is 0 Å². The maximum absolute atomic E-state index is 12.4. The molecule has 0 radical (unpaired) electrons. The minimum absolute atomic E-state index is 0.0219.